The van der Waals surface area contributed by atoms with Crippen LogP contribution in [0.15, 0.2) is 17.5 Å². The zero-order chi connectivity index (χ0) is 15.3. The van der Waals surface area contributed by atoms with Crippen molar-refractivity contribution in [2.75, 3.05) is 6.54 Å². The van der Waals surface area contributed by atoms with Crippen LogP contribution in [-0.2, 0) is 16.1 Å². The molecule has 1 aromatic rings. The quantitative estimate of drug-likeness (QED) is 0.515. The topological polar surface area (TPSA) is 58.2 Å². The molecule has 0 unspecified atom stereocenters. The van der Waals surface area contributed by atoms with Crippen molar-refractivity contribution in [3.63, 3.8) is 0 Å². The predicted octanol–water partition coefficient (Wildman–Crippen LogP) is 3.23. The Kier molecular flexibility index (Phi) is 9.53. The van der Waals surface area contributed by atoms with Gasteiger partial charge >= 0.3 is 11.8 Å². The first-order valence-corrected chi connectivity index (χ1v) is 8.70. The molecular weight excluding hydrogens is 284 g/mol. The number of unbranched alkanes of at least 4 members (excludes halogenated alkanes) is 6. The van der Waals surface area contributed by atoms with Crippen LogP contribution >= 0.6 is 11.3 Å². The van der Waals surface area contributed by atoms with Gasteiger partial charge in [0.15, 0.2) is 0 Å². The number of thiophene rings is 1. The Morgan fingerprint density at radius 2 is 1.67 bits per heavy atom. The van der Waals surface area contributed by atoms with Crippen LogP contribution in [-0.4, -0.2) is 18.4 Å². The molecule has 1 aromatic heterocycles. The van der Waals surface area contributed by atoms with Crippen molar-refractivity contribution in [1.29, 1.82) is 0 Å². The fourth-order valence-corrected chi connectivity index (χ4v) is 2.67. The van der Waals surface area contributed by atoms with E-state index in [0.717, 1.165) is 17.7 Å². The lowest BCUT2D eigenvalue weighted by molar-refractivity contribution is -0.139. The van der Waals surface area contributed by atoms with Gasteiger partial charge in [-0.3, -0.25) is 9.59 Å². The van der Waals surface area contributed by atoms with Crippen molar-refractivity contribution in [2.24, 2.45) is 0 Å². The number of hydrogen-bond acceptors (Lipinski definition) is 3. The molecule has 0 aliphatic heterocycles. The summed E-state index contributed by atoms with van der Waals surface area (Å²) in [4.78, 5) is 24.2. The number of nitrogens with one attached hydrogen (secondary N) is 2. The summed E-state index contributed by atoms with van der Waals surface area (Å²) in [5, 5.41) is 7.23. The largest absolute Gasteiger partial charge is 0.348 e. The molecule has 0 radical (unpaired) electrons. The van der Waals surface area contributed by atoms with E-state index in [1.807, 2.05) is 17.5 Å². The van der Waals surface area contributed by atoms with E-state index >= 15 is 0 Å². The van der Waals surface area contributed by atoms with E-state index in [9.17, 15) is 9.59 Å². The average molecular weight is 310 g/mol. The van der Waals surface area contributed by atoms with E-state index in [2.05, 4.69) is 17.6 Å². The normalized spacial score (nSPS) is 10.3. The maximum atomic E-state index is 11.6. The molecular formula is C16H26N2O2S. The van der Waals surface area contributed by atoms with Gasteiger partial charge in [-0.25, -0.2) is 0 Å². The molecule has 0 saturated heterocycles. The Labute approximate surface area is 131 Å². The van der Waals surface area contributed by atoms with Crippen molar-refractivity contribution in [3.05, 3.63) is 22.4 Å². The van der Waals surface area contributed by atoms with Crippen molar-refractivity contribution in [1.82, 2.24) is 10.6 Å². The highest BCUT2D eigenvalue weighted by Crippen LogP contribution is 2.07. The first-order valence-electron chi connectivity index (χ1n) is 7.82. The van der Waals surface area contributed by atoms with Gasteiger partial charge in [-0.15, -0.1) is 11.3 Å². The van der Waals surface area contributed by atoms with Gasteiger partial charge in [0.1, 0.15) is 0 Å². The highest BCUT2D eigenvalue weighted by Gasteiger charge is 2.11. The summed E-state index contributed by atoms with van der Waals surface area (Å²) < 4.78 is 0. The van der Waals surface area contributed by atoms with Crippen LogP contribution in [0.4, 0.5) is 0 Å². The Morgan fingerprint density at radius 1 is 1.00 bits per heavy atom. The molecule has 118 valence electrons. The Bertz CT molecular complexity index is 404. The maximum Gasteiger partial charge on any atom is 0.309 e. The van der Waals surface area contributed by atoms with Gasteiger partial charge in [0.05, 0.1) is 6.54 Å². The highest BCUT2D eigenvalue weighted by molar-refractivity contribution is 7.09. The van der Waals surface area contributed by atoms with E-state index in [4.69, 9.17) is 0 Å². The van der Waals surface area contributed by atoms with E-state index < -0.39 is 11.8 Å². The first-order chi connectivity index (χ1) is 10.2. The Balaban J connectivity index is 1.98. The lowest BCUT2D eigenvalue weighted by Gasteiger charge is -2.06. The third kappa shape index (κ3) is 8.50. The molecule has 0 aromatic carbocycles. The van der Waals surface area contributed by atoms with Crippen LogP contribution < -0.4 is 10.6 Å². The lowest BCUT2D eigenvalue weighted by Crippen LogP contribution is -2.39. The second-order valence-corrected chi connectivity index (χ2v) is 6.17. The summed E-state index contributed by atoms with van der Waals surface area (Å²) >= 11 is 1.56. The maximum absolute atomic E-state index is 11.6. The fourth-order valence-electron chi connectivity index (χ4n) is 2.03. The van der Waals surface area contributed by atoms with Crippen molar-refractivity contribution >= 4 is 23.2 Å². The summed E-state index contributed by atoms with van der Waals surface area (Å²) in [5.41, 5.74) is 0. The van der Waals surface area contributed by atoms with Gasteiger partial charge < -0.3 is 10.6 Å². The number of hydrogen-bond donors (Lipinski definition) is 2. The number of rotatable bonds is 10. The number of carbonyl (C=O) groups excluding carboxylic acids is 2. The van der Waals surface area contributed by atoms with Crippen LogP contribution in [0.3, 0.4) is 0 Å². The van der Waals surface area contributed by atoms with Crippen LogP contribution in [0, 0.1) is 0 Å². The van der Waals surface area contributed by atoms with Gasteiger partial charge in [0.25, 0.3) is 0 Å². The summed E-state index contributed by atoms with van der Waals surface area (Å²) in [6.07, 6.45) is 8.40. The van der Waals surface area contributed by atoms with Gasteiger partial charge in [-0.1, -0.05) is 51.5 Å². The molecule has 1 rings (SSSR count). The molecule has 1 heterocycles. The molecule has 0 aliphatic carbocycles. The van der Waals surface area contributed by atoms with Crippen molar-refractivity contribution in [2.45, 2.75) is 58.4 Å². The van der Waals surface area contributed by atoms with Crippen molar-refractivity contribution in [3.8, 4) is 0 Å². The molecule has 0 atom stereocenters. The molecule has 4 nitrogen and oxygen atoms in total. The molecule has 2 N–H and O–H groups in total. The van der Waals surface area contributed by atoms with Gasteiger partial charge in [-0.2, -0.15) is 0 Å². The highest BCUT2D eigenvalue weighted by atomic mass is 32.1. The molecule has 0 aliphatic rings. The first kappa shape index (κ1) is 17.7. The zero-order valence-electron chi connectivity index (χ0n) is 12.8. The van der Waals surface area contributed by atoms with E-state index in [0.29, 0.717) is 13.1 Å². The molecule has 0 bridgehead atoms. The molecule has 2 amide bonds. The van der Waals surface area contributed by atoms with Gasteiger partial charge in [0, 0.05) is 11.4 Å². The molecule has 0 saturated carbocycles. The van der Waals surface area contributed by atoms with Gasteiger partial charge in [-0.05, 0) is 17.9 Å². The Morgan fingerprint density at radius 3 is 2.33 bits per heavy atom. The minimum Gasteiger partial charge on any atom is -0.348 e. The number of amides is 2. The smallest absolute Gasteiger partial charge is 0.309 e. The second kappa shape index (κ2) is 11.3. The van der Waals surface area contributed by atoms with Crippen LogP contribution in [0.1, 0.15) is 56.7 Å². The van der Waals surface area contributed by atoms with E-state index in [1.165, 1.54) is 32.1 Å². The van der Waals surface area contributed by atoms with Gasteiger partial charge in [0.2, 0.25) is 0 Å². The van der Waals surface area contributed by atoms with Crippen molar-refractivity contribution < 1.29 is 9.59 Å². The van der Waals surface area contributed by atoms with E-state index in [1.54, 1.807) is 11.3 Å². The zero-order valence-corrected chi connectivity index (χ0v) is 13.6. The Hall–Kier alpha value is -1.36. The minimum atomic E-state index is -0.550. The lowest BCUT2D eigenvalue weighted by atomic mass is 10.1. The van der Waals surface area contributed by atoms with E-state index in [-0.39, 0.29) is 0 Å². The predicted molar refractivity (Wildman–Crippen MR) is 87.2 cm³/mol. The fraction of sp³-hybridized carbons (Fsp3) is 0.625. The summed E-state index contributed by atoms with van der Waals surface area (Å²) in [5.74, 6) is -1.08. The molecule has 21 heavy (non-hydrogen) atoms. The minimum absolute atomic E-state index is 0.418. The summed E-state index contributed by atoms with van der Waals surface area (Å²) in [7, 11) is 0. The van der Waals surface area contributed by atoms with Crippen LogP contribution in [0.2, 0.25) is 0 Å². The summed E-state index contributed by atoms with van der Waals surface area (Å²) in [6.45, 7) is 3.21. The molecule has 0 spiro atoms. The van der Waals surface area contributed by atoms with Crippen LogP contribution in [0.5, 0.6) is 0 Å². The molecule has 0 fully saturated rings. The molecule has 5 heteroatoms. The number of carbonyl (C=O) groups is 2. The average Bonchev–Trinajstić information content (AvgIpc) is 3.00. The SMILES string of the molecule is CCCCCCCCCNC(=O)C(=O)NCc1cccs1. The van der Waals surface area contributed by atoms with Crippen LogP contribution in [0.25, 0.3) is 0 Å². The standard InChI is InChI=1S/C16H26N2O2S/c1-2-3-4-5-6-7-8-11-17-15(19)16(20)18-13-14-10-9-12-21-14/h9-10,12H,2-8,11,13H2,1H3,(H,17,19)(H,18,20). The third-order valence-corrected chi connectivity index (χ3v) is 4.15. The monoisotopic (exact) mass is 310 g/mol. The summed E-state index contributed by atoms with van der Waals surface area (Å²) in [6, 6.07) is 3.86. The second-order valence-electron chi connectivity index (χ2n) is 5.14. The third-order valence-electron chi connectivity index (χ3n) is 3.28.